The summed E-state index contributed by atoms with van der Waals surface area (Å²) in [7, 11) is -7.50. The number of benzene rings is 4. The van der Waals surface area contributed by atoms with Gasteiger partial charge in [0.2, 0.25) is 11.7 Å². The molecule has 2 heterocycles. The minimum atomic E-state index is -3.75. The number of hydrogen-bond donors (Lipinski definition) is 2. The Morgan fingerprint density at radius 3 is 1.29 bits per heavy atom. The predicted molar refractivity (Wildman–Crippen MR) is 258 cm³/mol. The van der Waals surface area contributed by atoms with E-state index >= 15 is 0 Å². The van der Waals surface area contributed by atoms with Crippen molar-refractivity contribution in [2.45, 2.75) is 85.8 Å². The second-order valence-corrected chi connectivity index (χ2v) is 22.5. The van der Waals surface area contributed by atoms with Gasteiger partial charge >= 0.3 is 11.9 Å². The molecule has 368 valence electrons. The standard InChI is InChI=1S/2C24H27F2NO5S2/c2*1-3-5-6-16-13-27(18-9-7-17(25)8-10-18)20-11-22(33-4-2)21(32-14-19(26)24(28)29)12-23(20)34(30,31)15-16/h2*7-12,14,16H,3-6,13,15H2,1-2H3,(H,28,29)/b2*19-14-/t2*16-/m10/s1. The Labute approximate surface area is 403 Å². The highest BCUT2D eigenvalue weighted by atomic mass is 32.2. The Hall–Kier alpha value is -5.18. The summed E-state index contributed by atoms with van der Waals surface area (Å²) in [5, 5.41) is 17.5. The van der Waals surface area contributed by atoms with E-state index in [1.54, 1.807) is 36.4 Å². The van der Waals surface area contributed by atoms with Gasteiger partial charge < -0.3 is 29.5 Å². The van der Waals surface area contributed by atoms with Crippen molar-refractivity contribution in [1.29, 1.82) is 0 Å². The van der Waals surface area contributed by atoms with E-state index in [-0.39, 0.29) is 44.6 Å². The molecule has 0 saturated heterocycles. The summed E-state index contributed by atoms with van der Waals surface area (Å²) < 4.78 is 119. The quantitative estimate of drug-likeness (QED) is 0.0418. The van der Waals surface area contributed by atoms with Gasteiger partial charge in [-0.2, -0.15) is 8.78 Å². The summed E-state index contributed by atoms with van der Waals surface area (Å²) in [5.41, 5.74) is 2.16. The Morgan fingerprint density at radius 1 is 0.632 bits per heavy atom. The minimum Gasteiger partial charge on any atom is -0.476 e. The van der Waals surface area contributed by atoms with Crippen LogP contribution in [0.15, 0.2) is 117 Å². The van der Waals surface area contributed by atoms with Crippen molar-refractivity contribution in [3.05, 3.63) is 109 Å². The number of fused-ring (bicyclic) bond motifs is 2. The lowest BCUT2D eigenvalue weighted by molar-refractivity contribution is -0.135. The molecule has 0 aliphatic carbocycles. The third-order valence-corrected chi connectivity index (χ3v) is 16.5. The maximum atomic E-state index is 13.6. The van der Waals surface area contributed by atoms with Gasteiger partial charge in [0.15, 0.2) is 19.7 Å². The number of anilines is 4. The van der Waals surface area contributed by atoms with Crippen molar-refractivity contribution in [2.24, 2.45) is 11.8 Å². The van der Waals surface area contributed by atoms with Crippen molar-refractivity contribution in [3.8, 4) is 11.5 Å². The first-order valence-electron chi connectivity index (χ1n) is 22.0. The molecule has 0 spiro atoms. The van der Waals surface area contributed by atoms with E-state index in [9.17, 15) is 44.0 Å². The Bertz CT molecular complexity index is 2520. The molecule has 0 bridgehead atoms. The van der Waals surface area contributed by atoms with Crippen LogP contribution in [-0.2, 0) is 29.3 Å². The first-order valence-corrected chi connectivity index (χ1v) is 27.2. The van der Waals surface area contributed by atoms with Gasteiger partial charge in [0.25, 0.3) is 0 Å². The summed E-state index contributed by atoms with van der Waals surface area (Å²) in [4.78, 5) is 26.4. The molecular weight excluding hydrogens is 969 g/mol. The fraction of sp³-hybridized carbons (Fsp3) is 0.375. The Kier molecular flexibility index (Phi) is 19.3. The lowest BCUT2D eigenvalue weighted by Crippen LogP contribution is -2.26. The summed E-state index contributed by atoms with van der Waals surface area (Å²) in [5.74, 6) is -6.49. The number of nitrogens with zero attached hydrogens (tertiary/aromatic N) is 2. The average Bonchev–Trinajstić information content (AvgIpc) is 3.48. The van der Waals surface area contributed by atoms with Crippen LogP contribution < -0.4 is 19.3 Å². The zero-order chi connectivity index (χ0) is 49.8. The normalized spacial score (nSPS) is 17.7. The van der Waals surface area contributed by atoms with Crippen LogP contribution in [0.25, 0.3) is 0 Å². The number of ether oxygens (including phenoxy) is 2. The fourth-order valence-corrected chi connectivity index (χ4v) is 12.9. The Balaban J connectivity index is 0.000000254. The van der Waals surface area contributed by atoms with Crippen LogP contribution >= 0.6 is 23.5 Å². The summed E-state index contributed by atoms with van der Waals surface area (Å²) >= 11 is 2.70. The molecule has 4 aromatic rings. The van der Waals surface area contributed by atoms with Gasteiger partial charge in [-0.05, 0) is 96.8 Å². The van der Waals surface area contributed by atoms with E-state index in [4.69, 9.17) is 19.7 Å². The van der Waals surface area contributed by atoms with Crippen LogP contribution in [0, 0.1) is 23.5 Å². The molecule has 0 radical (unpaired) electrons. The number of halogens is 4. The highest BCUT2D eigenvalue weighted by Crippen LogP contribution is 2.46. The number of carbonyl (C=O) groups is 2. The van der Waals surface area contributed by atoms with Crippen LogP contribution in [0.3, 0.4) is 0 Å². The zero-order valence-corrected chi connectivity index (χ0v) is 41.2. The molecule has 0 saturated carbocycles. The smallest absolute Gasteiger partial charge is 0.368 e. The van der Waals surface area contributed by atoms with Crippen LogP contribution in [0.4, 0.5) is 40.3 Å². The predicted octanol–water partition coefficient (Wildman–Crippen LogP) is 11.9. The number of carboxylic acid groups (broad SMARTS) is 2. The minimum absolute atomic E-state index is 0.00964. The second kappa shape index (κ2) is 24.4. The van der Waals surface area contributed by atoms with E-state index in [0.29, 0.717) is 82.5 Å². The van der Waals surface area contributed by atoms with Crippen LogP contribution in [-0.4, -0.2) is 75.1 Å². The topological polar surface area (TPSA) is 168 Å². The lowest BCUT2D eigenvalue weighted by atomic mass is 10.0. The second-order valence-electron chi connectivity index (χ2n) is 15.9. The number of hydrogen-bond acceptors (Lipinski definition) is 12. The SMILES string of the molecule is CCCC[C@@H]1CN(c2ccc(F)cc2)c2cc(SCC)c(O/C=C(\F)C(=O)O)cc2S(=O)(=O)C1.CCCC[C@H]1CN(c2ccc(F)cc2)c2cc(SCC)c(O/C=C(\F)C(=O)O)cc2S(=O)(=O)C1. The van der Waals surface area contributed by atoms with Crippen molar-refractivity contribution in [2.75, 3.05) is 45.9 Å². The van der Waals surface area contributed by atoms with Gasteiger partial charge in [-0.15, -0.1) is 23.5 Å². The largest absolute Gasteiger partial charge is 0.476 e. The number of rotatable bonds is 18. The summed E-state index contributed by atoms with van der Waals surface area (Å²) in [6.45, 7) is 8.73. The Morgan fingerprint density at radius 2 is 0.985 bits per heavy atom. The van der Waals surface area contributed by atoms with E-state index in [2.05, 4.69) is 0 Å². The fourth-order valence-electron chi connectivity index (χ4n) is 7.72. The third kappa shape index (κ3) is 14.0. The molecule has 20 heteroatoms. The van der Waals surface area contributed by atoms with Gasteiger partial charge in [-0.3, -0.25) is 0 Å². The zero-order valence-electron chi connectivity index (χ0n) is 37.9. The molecule has 2 aliphatic heterocycles. The molecule has 0 unspecified atom stereocenters. The first kappa shape index (κ1) is 53.8. The molecule has 4 aromatic carbocycles. The number of aliphatic carboxylic acids is 2. The van der Waals surface area contributed by atoms with E-state index in [0.717, 1.165) is 25.7 Å². The lowest BCUT2D eigenvalue weighted by Gasteiger charge is -2.28. The molecule has 6 rings (SSSR count). The van der Waals surface area contributed by atoms with Crippen molar-refractivity contribution < 1.29 is 63.7 Å². The molecule has 0 amide bonds. The van der Waals surface area contributed by atoms with Crippen molar-refractivity contribution in [1.82, 2.24) is 0 Å². The van der Waals surface area contributed by atoms with Crippen molar-refractivity contribution >= 4 is 77.9 Å². The van der Waals surface area contributed by atoms with E-state index in [1.165, 1.54) is 59.9 Å². The number of sulfone groups is 2. The van der Waals surface area contributed by atoms with Gasteiger partial charge in [0.05, 0.1) is 42.5 Å². The average molecular weight is 1020 g/mol. The monoisotopic (exact) mass is 1020 g/mol. The van der Waals surface area contributed by atoms with Crippen LogP contribution in [0.1, 0.15) is 66.2 Å². The summed E-state index contributed by atoms with van der Waals surface area (Å²) in [6, 6.07) is 17.7. The molecule has 12 nitrogen and oxygen atoms in total. The third-order valence-electron chi connectivity index (χ3n) is 10.9. The molecule has 0 aromatic heterocycles. The van der Waals surface area contributed by atoms with E-state index in [1.807, 2.05) is 37.5 Å². The number of thioether (sulfide) groups is 2. The van der Waals surface area contributed by atoms with Crippen LogP contribution in [0.5, 0.6) is 11.5 Å². The summed E-state index contributed by atoms with van der Waals surface area (Å²) in [6.07, 6.45) is 5.94. The molecule has 2 atom stereocenters. The number of carboxylic acids is 2. The highest BCUT2D eigenvalue weighted by molar-refractivity contribution is 7.99. The molecule has 0 fully saturated rings. The molecule has 2 N–H and O–H groups in total. The molecule has 2 aliphatic rings. The van der Waals surface area contributed by atoms with E-state index < -0.39 is 54.9 Å². The molecular formula is C48H54F4N2O10S4. The van der Waals surface area contributed by atoms with Crippen molar-refractivity contribution in [3.63, 3.8) is 0 Å². The van der Waals surface area contributed by atoms with Gasteiger partial charge in [0, 0.05) is 36.6 Å². The number of unbranched alkanes of at least 4 members (excludes halogenated alkanes) is 2. The maximum absolute atomic E-state index is 13.6. The van der Waals surface area contributed by atoms with Crippen LogP contribution in [0.2, 0.25) is 0 Å². The van der Waals surface area contributed by atoms with Gasteiger partial charge in [0.1, 0.15) is 35.7 Å². The highest BCUT2D eigenvalue weighted by Gasteiger charge is 2.35. The first-order chi connectivity index (χ1) is 32.3. The molecule has 68 heavy (non-hydrogen) atoms. The van der Waals surface area contributed by atoms with Gasteiger partial charge in [-0.25, -0.2) is 35.2 Å². The van der Waals surface area contributed by atoms with Gasteiger partial charge in [-0.1, -0.05) is 53.4 Å². The maximum Gasteiger partial charge on any atom is 0.368 e.